The van der Waals surface area contributed by atoms with Crippen LogP contribution in [-0.4, -0.2) is 14.8 Å². The largest absolute Gasteiger partial charge is 0.348 e. The smallest absolute Gasteiger partial charge is 0.222 e. The minimum Gasteiger partial charge on any atom is -0.348 e. The third-order valence-electron chi connectivity index (χ3n) is 4.80. The summed E-state index contributed by atoms with van der Waals surface area (Å²) in [5.41, 5.74) is 5.18. The molecule has 0 spiro atoms. The normalized spacial score (nSPS) is 19.6. The van der Waals surface area contributed by atoms with E-state index < -0.39 is 0 Å². The summed E-state index contributed by atoms with van der Waals surface area (Å²) in [5.74, 6) is 0.828. The summed E-state index contributed by atoms with van der Waals surface area (Å²) in [6.45, 7) is 4.31. The number of hydrogen-bond donors (Lipinski definition) is 1. The molecule has 2 aromatic carbocycles. The summed E-state index contributed by atoms with van der Waals surface area (Å²) in [6.07, 6.45) is 2.56. The quantitative estimate of drug-likeness (QED) is 0.691. The number of anilines is 1. The first-order valence-corrected chi connectivity index (χ1v) is 8.90. The second kappa shape index (κ2) is 6.06. The monoisotopic (exact) mass is 382 g/mol. The predicted octanol–water partition coefficient (Wildman–Crippen LogP) is 4.80. The highest BCUT2D eigenvalue weighted by Crippen LogP contribution is 2.38. The Balaban J connectivity index is 1.74. The minimum absolute atomic E-state index is 0.174. The van der Waals surface area contributed by atoms with Crippen LogP contribution in [0.3, 0.4) is 0 Å². The average molecular weight is 383 g/mol. The zero-order valence-electron chi connectivity index (χ0n) is 13.7. The maximum Gasteiger partial charge on any atom is 0.222 e. The van der Waals surface area contributed by atoms with Gasteiger partial charge in [0.2, 0.25) is 5.95 Å². The van der Waals surface area contributed by atoms with Gasteiger partial charge in [0.25, 0.3) is 0 Å². The lowest BCUT2D eigenvalue weighted by atomic mass is 9.92. The van der Waals surface area contributed by atoms with Crippen molar-refractivity contribution in [2.75, 3.05) is 5.32 Å². The molecule has 1 aromatic heterocycles. The molecule has 2 atom stereocenters. The number of aromatic nitrogens is 3. The molecule has 0 radical (unpaired) electrons. The van der Waals surface area contributed by atoms with E-state index in [0.29, 0.717) is 0 Å². The molecular weight excluding hydrogens is 364 g/mol. The number of benzene rings is 2. The van der Waals surface area contributed by atoms with E-state index in [-0.39, 0.29) is 12.1 Å². The Hall–Kier alpha value is -2.14. The fourth-order valence-corrected chi connectivity index (χ4v) is 3.73. The zero-order chi connectivity index (χ0) is 16.7. The van der Waals surface area contributed by atoms with E-state index in [9.17, 15) is 0 Å². The van der Waals surface area contributed by atoms with Gasteiger partial charge in [-0.05, 0) is 54.7 Å². The lowest BCUT2D eigenvalue weighted by Gasteiger charge is -2.32. The van der Waals surface area contributed by atoms with E-state index in [2.05, 4.69) is 81.6 Å². The van der Waals surface area contributed by atoms with E-state index in [0.717, 1.165) is 16.8 Å². The van der Waals surface area contributed by atoms with E-state index in [1.54, 1.807) is 6.33 Å². The van der Waals surface area contributed by atoms with Crippen molar-refractivity contribution in [1.82, 2.24) is 14.8 Å². The summed E-state index contributed by atoms with van der Waals surface area (Å²) in [6, 6.07) is 15.5. The maximum atomic E-state index is 4.43. The predicted molar refractivity (Wildman–Crippen MR) is 99.2 cm³/mol. The number of aryl methyl sites for hydroxylation is 2. The first kappa shape index (κ1) is 15.4. The molecule has 2 heterocycles. The minimum atomic E-state index is 0.174. The van der Waals surface area contributed by atoms with Crippen molar-refractivity contribution in [2.45, 2.75) is 32.4 Å². The van der Waals surface area contributed by atoms with Gasteiger partial charge in [0, 0.05) is 4.47 Å². The standard InChI is InChI=1S/C19H19BrN4/c1-12-6-7-14(8-13(12)2)17-10-18(15-4-3-5-16(20)9-15)24-19(23-17)21-11-22-24/h3-9,11,17-18H,10H2,1-2H3,(H,21,22,23). The third-order valence-corrected chi connectivity index (χ3v) is 5.29. The van der Waals surface area contributed by atoms with Crippen LogP contribution >= 0.6 is 15.9 Å². The Labute approximate surface area is 150 Å². The molecule has 0 fully saturated rings. The molecule has 4 nitrogen and oxygen atoms in total. The fraction of sp³-hybridized carbons (Fsp3) is 0.263. The summed E-state index contributed by atoms with van der Waals surface area (Å²) in [7, 11) is 0. The van der Waals surface area contributed by atoms with Crippen LogP contribution in [0, 0.1) is 13.8 Å². The van der Waals surface area contributed by atoms with Crippen molar-refractivity contribution in [3.63, 3.8) is 0 Å². The third kappa shape index (κ3) is 2.73. The molecule has 0 amide bonds. The molecule has 0 bridgehead atoms. The van der Waals surface area contributed by atoms with Gasteiger partial charge in [-0.1, -0.05) is 46.3 Å². The van der Waals surface area contributed by atoms with Crippen LogP contribution in [0.1, 0.15) is 40.8 Å². The second-order valence-electron chi connectivity index (χ2n) is 6.38. The molecule has 3 aromatic rings. The van der Waals surface area contributed by atoms with E-state index in [1.807, 2.05) is 10.7 Å². The second-order valence-corrected chi connectivity index (χ2v) is 7.29. The molecule has 0 saturated carbocycles. The highest BCUT2D eigenvalue weighted by molar-refractivity contribution is 9.10. The Morgan fingerprint density at radius 1 is 1.08 bits per heavy atom. The first-order chi connectivity index (χ1) is 11.6. The fourth-order valence-electron chi connectivity index (χ4n) is 3.31. The van der Waals surface area contributed by atoms with Gasteiger partial charge in [-0.2, -0.15) is 10.1 Å². The summed E-state index contributed by atoms with van der Waals surface area (Å²) in [4.78, 5) is 4.40. The van der Waals surface area contributed by atoms with Gasteiger partial charge in [0.1, 0.15) is 6.33 Å². The Morgan fingerprint density at radius 2 is 1.96 bits per heavy atom. The van der Waals surface area contributed by atoms with E-state index in [4.69, 9.17) is 0 Å². The molecule has 1 aliphatic rings. The van der Waals surface area contributed by atoms with Crippen LogP contribution in [0.15, 0.2) is 53.3 Å². The number of nitrogens with zero attached hydrogens (tertiary/aromatic N) is 3. The molecule has 0 aliphatic carbocycles. The highest BCUT2D eigenvalue weighted by Gasteiger charge is 2.30. The number of fused-ring (bicyclic) bond motifs is 1. The van der Waals surface area contributed by atoms with Gasteiger partial charge in [0.05, 0.1) is 12.1 Å². The van der Waals surface area contributed by atoms with Crippen LogP contribution in [0.5, 0.6) is 0 Å². The molecule has 5 heteroatoms. The molecule has 122 valence electrons. The van der Waals surface area contributed by atoms with Crippen LogP contribution in [0.25, 0.3) is 0 Å². The Morgan fingerprint density at radius 3 is 2.75 bits per heavy atom. The summed E-state index contributed by atoms with van der Waals surface area (Å²) < 4.78 is 3.07. The van der Waals surface area contributed by atoms with Gasteiger partial charge >= 0.3 is 0 Å². The number of nitrogens with one attached hydrogen (secondary N) is 1. The molecule has 24 heavy (non-hydrogen) atoms. The van der Waals surface area contributed by atoms with Crippen LogP contribution in [0.4, 0.5) is 5.95 Å². The van der Waals surface area contributed by atoms with Crippen molar-refractivity contribution in [3.8, 4) is 0 Å². The van der Waals surface area contributed by atoms with Gasteiger partial charge in [-0.25, -0.2) is 4.68 Å². The molecular formula is C19H19BrN4. The summed E-state index contributed by atoms with van der Waals surface area (Å²) in [5, 5.41) is 7.96. The van der Waals surface area contributed by atoms with Crippen LogP contribution < -0.4 is 5.32 Å². The Bertz CT molecular complexity index is 887. The number of halogens is 1. The van der Waals surface area contributed by atoms with Crippen molar-refractivity contribution in [3.05, 3.63) is 75.5 Å². The van der Waals surface area contributed by atoms with Gasteiger partial charge in [0.15, 0.2) is 0 Å². The number of rotatable bonds is 2. The lowest BCUT2D eigenvalue weighted by Crippen LogP contribution is -2.28. The van der Waals surface area contributed by atoms with Gasteiger partial charge in [-0.15, -0.1) is 0 Å². The summed E-state index contributed by atoms with van der Waals surface area (Å²) >= 11 is 3.58. The van der Waals surface area contributed by atoms with Gasteiger partial charge in [-0.3, -0.25) is 0 Å². The van der Waals surface area contributed by atoms with Crippen molar-refractivity contribution < 1.29 is 0 Å². The van der Waals surface area contributed by atoms with Crippen LogP contribution in [-0.2, 0) is 0 Å². The Kier molecular flexibility index (Phi) is 3.88. The van der Waals surface area contributed by atoms with Crippen LogP contribution in [0.2, 0.25) is 0 Å². The maximum absolute atomic E-state index is 4.43. The van der Waals surface area contributed by atoms with Crippen molar-refractivity contribution >= 4 is 21.9 Å². The molecule has 1 N–H and O–H groups in total. The molecule has 1 aliphatic heterocycles. The first-order valence-electron chi connectivity index (χ1n) is 8.10. The molecule has 0 saturated heterocycles. The topological polar surface area (TPSA) is 42.7 Å². The highest BCUT2D eigenvalue weighted by atomic mass is 79.9. The molecule has 2 unspecified atom stereocenters. The van der Waals surface area contributed by atoms with Gasteiger partial charge < -0.3 is 5.32 Å². The molecule has 4 rings (SSSR count). The number of hydrogen-bond acceptors (Lipinski definition) is 3. The SMILES string of the molecule is Cc1ccc(C2CC(c3cccc(Br)c3)n3ncnc3N2)cc1C. The average Bonchev–Trinajstić information content (AvgIpc) is 3.05. The van der Waals surface area contributed by atoms with Crippen molar-refractivity contribution in [2.24, 2.45) is 0 Å². The van der Waals surface area contributed by atoms with Crippen molar-refractivity contribution in [1.29, 1.82) is 0 Å². The lowest BCUT2D eigenvalue weighted by molar-refractivity contribution is 0.430. The zero-order valence-corrected chi connectivity index (χ0v) is 15.3. The van der Waals surface area contributed by atoms with E-state index in [1.165, 1.54) is 22.3 Å². The van der Waals surface area contributed by atoms with E-state index >= 15 is 0 Å².